The number of aliphatic carboxylic acids is 1. The lowest BCUT2D eigenvalue weighted by atomic mass is 10.0. The fourth-order valence-corrected chi connectivity index (χ4v) is 4.46. The number of hydrogen-bond acceptors (Lipinski definition) is 3. The van der Waals surface area contributed by atoms with Crippen LogP contribution in [0.25, 0.3) is 33.8 Å². The van der Waals surface area contributed by atoms with E-state index in [9.17, 15) is 4.79 Å². The number of carboxylic acids is 1. The van der Waals surface area contributed by atoms with Crippen molar-refractivity contribution in [2.75, 3.05) is 18.0 Å². The first kappa shape index (κ1) is 24.3. The summed E-state index contributed by atoms with van der Waals surface area (Å²) in [5.41, 5.74) is 2.14. The Morgan fingerprint density at radius 2 is 1.64 bits per heavy atom. The van der Waals surface area contributed by atoms with Gasteiger partial charge in [-0.15, -0.1) is 11.3 Å². The normalized spacial score (nSPS) is 11.7. The van der Waals surface area contributed by atoms with Gasteiger partial charge >= 0.3 is 5.97 Å². The Morgan fingerprint density at radius 3 is 2.30 bits per heavy atom. The van der Waals surface area contributed by atoms with E-state index in [0.717, 1.165) is 28.4 Å². The Kier molecular flexibility index (Phi) is 8.86. The molecule has 0 aliphatic heterocycles. The predicted molar refractivity (Wildman–Crippen MR) is 141 cm³/mol. The molecule has 0 aliphatic carbocycles. The topological polar surface area (TPSA) is 44.9 Å². The highest BCUT2D eigenvalue weighted by Gasteiger charge is 2.08. The number of carboxylic acid groups (broad SMARTS) is 1. The molecule has 3 rings (SSSR count). The molecular formula is C28H30N2O2S. The molecule has 1 heterocycles. The third-order valence-electron chi connectivity index (χ3n) is 5.48. The highest BCUT2D eigenvalue weighted by atomic mass is 32.1. The molecular weight excluding hydrogens is 428 g/mol. The first-order chi connectivity index (χ1) is 16.0. The fraction of sp³-hybridized carbons (Fsp3) is 0.286. The van der Waals surface area contributed by atoms with Gasteiger partial charge in [0.05, 0.1) is 6.57 Å². The van der Waals surface area contributed by atoms with Gasteiger partial charge in [0.25, 0.3) is 5.70 Å². The average Bonchev–Trinajstić information content (AvgIpc) is 3.28. The van der Waals surface area contributed by atoms with Crippen molar-refractivity contribution in [1.82, 2.24) is 0 Å². The van der Waals surface area contributed by atoms with E-state index in [-0.39, 0.29) is 5.70 Å². The van der Waals surface area contributed by atoms with Crippen molar-refractivity contribution in [3.05, 3.63) is 81.0 Å². The summed E-state index contributed by atoms with van der Waals surface area (Å²) in [4.78, 5) is 18.3. The summed E-state index contributed by atoms with van der Waals surface area (Å²) in [6.07, 6.45) is 10.3. The second kappa shape index (κ2) is 12.0. The third kappa shape index (κ3) is 6.81. The van der Waals surface area contributed by atoms with Crippen LogP contribution in [0.15, 0.2) is 54.2 Å². The highest BCUT2D eigenvalue weighted by Crippen LogP contribution is 2.26. The largest absolute Gasteiger partial charge is 0.486 e. The molecule has 0 unspecified atom stereocenters. The molecule has 2 aromatic carbocycles. The van der Waals surface area contributed by atoms with Crippen molar-refractivity contribution in [3.63, 3.8) is 0 Å². The molecule has 0 saturated heterocycles. The van der Waals surface area contributed by atoms with Gasteiger partial charge in [-0.1, -0.05) is 51.0 Å². The molecule has 33 heavy (non-hydrogen) atoms. The average molecular weight is 459 g/mol. The van der Waals surface area contributed by atoms with Gasteiger partial charge < -0.3 is 10.0 Å². The highest BCUT2D eigenvalue weighted by molar-refractivity contribution is 7.13. The number of hydrogen-bond donors (Lipinski definition) is 1. The van der Waals surface area contributed by atoms with E-state index in [0.29, 0.717) is 0 Å². The molecule has 170 valence electrons. The summed E-state index contributed by atoms with van der Waals surface area (Å²) in [7, 11) is 0. The lowest BCUT2D eigenvalue weighted by Crippen LogP contribution is -2.25. The smallest absolute Gasteiger partial charge is 0.333 e. The van der Waals surface area contributed by atoms with Crippen LogP contribution in [-0.2, 0) is 4.79 Å². The Labute approximate surface area is 200 Å². The third-order valence-corrected chi connectivity index (χ3v) is 6.48. The van der Waals surface area contributed by atoms with Crippen LogP contribution in [0.1, 0.15) is 54.8 Å². The molecule has 0 spiro atoms. The van der Waals surface area contributed by atoms with Gasteiger partial charge in [-0.2, -0.15) is 0 Å². The number of nitrogens with zero attached hydrogens (tertiary/aromatic N) is 2. The van der Waals surface area contributed by atoms with Crippen molar-refractivity contribution >= 4 is 52.0 Å². The number of carbonyl (C=O) groups is 1. The molecule has 0 aliphatic rings. The van der Waals surface area contributed by atoms with Crippen LogP contribution in [-0.4, -0.2) is 24.2 Å². The SMILES string of the molecule is [C-]#[N+]C(=Cc1ccc(C=Cc2ccc3cc(N(CCCC)CCCC)ccc3c2)s1)C(=O)O. The van der Waals surface area contributed by atoms with Gasteiger partial charge in [0.2, 0.25) is 0 Å². The van der Waals surface area contributed by atoms with Crippen molar-refractivity contribution in [2.45, 2.75) is 39.5 Å². The number of anilines is 1. The standard InChI is InChI=1S/C28H30N2O2S/c1-4-6-16-30(17-7-5-2)24-12-11-22-18-21(8-10-23(22)19-24)9-13-25-14-15-26(33-25)20-27(29-3)28(31)32/h8-15,18-20H,4-7,16-17H2,1-2H3,(H,31,32). The van der Waals surface area contributed by atoms with Crippen LogP contribution >= 0.6 is 11.3 Å². The number of fused-ring (bicyclic) bond motifs is 1. The van der Waals surface area contributed by atoms with Gasteiger partial charge in [-0.25, -0.2) is 4.85 Å². The van der Waals surface area contributed by atoms with E-state index >= 15 is 0 Å². The molecule has 3 aromatic rings. The van der Waals surface area contributed by atoms with Gasteiger partial charge in [-0.3, -0.25) is 4.79 Å². The lowest BCUT2D eigenvalue weighted by molar-refractivity contribution is -0.132. The molecule has 0 atom stereocenters. The molecule has 1 N–H and O–H groups in total. The zero-order valence-electron chi connectivity index (χ0n) is 19.3. The monoisotopic (exact) mass is 458 g/mol. The fourth-order valence-electron chi connectivity index (χ4n) is 3.61. The molecule has 5 heteroatoms. The second-order valence-electron chi connectivity index (χ2n) is 8.01. The summed E-state index contributed by atoms with van der Waals surface area (Å²) >= 11 is 1.46. The van der Waals surface area contributed by atoms with E-state index in [1.165, 1.54) is 59.6 Å². The van der Waals surface area contributed by atoms with Crippen LogP contribution in [0.3, 0.4) is 0 Å². The molecule has 1 aromatic heterocycles. The first-order valence-corrected chi connectivity index (χ1v) is 12.2. The van der Waals surface area contributed by atoms with E-state index in [1.807, 2.05) is 18.2 Å². The number of unbranched alkanes of at least 4 members (excludes halogenated alkanes) is 2. The van der Waals surface area contributed by atoms with Crippen LogP contribution in [0, 0.1) is 6.57 Å². The van der Waals surface area contributed by atoms with Gasteiger partial charge in [0.15, 0.2) is 0 Å². The lowest BCUT2D eigenvalue weighted by Gasteiger charge is -2.25. The molecule has 0 fully saturated rings. The summed E-state index contributed by atoms with van der Waals surface area (Å²) in [5.74, 6) is -1.20. The maximum Gasteiger partial charge on any atom is 0.333 e. The second-order valence-corrected chi connectivity index (χ2v) is 9.15. The number of thiophene rings is 1. The molecule has 0 radical (unpaired) electrons. The molecule has 0 amide bonds. The van der Waals surface area contributed by atoms with E-state index in [2.05, 4.69) is 66.1 Å². The van der Waals surface area contributed by atoms with Crippen molar-refractivity contribution in [3.8, 4) is 0 Å². The van der Waals surface area contributed by atoms with E-state index in [1.54, 1.807) is 0 Å². The van der Waals surface area contributed by atoms with E-state index in [4.69, 9.17) is 11.7 Å². The van der Waals surface area contributed by atoms with Crippen LogP contribution < -0.4 is 4.90 Å². The zero-order valence-corrected chi connectivity index (χ0v) is 20.1. The summed E-state index contributed by atoms with van der Waals surface area (Å²) in [6, 6.07) is 17.0. The Hall–Kier alpha value is -3.36. The number of benzene rings is 2. The minimum absolute atomic E-state index is 0.274. The molecule has 0 bridgehead atoms. The molecule has 0 saturated carbocycles. The van der Waals surface area contributed by atoms with Gasteiger partial charge in [-0.05, 0) is 71.7 Å². The maximum absolute atomic E-state index is 11.0. The predicted octanol–water partition coefficient (Wildman–Crippen LogP) is 7.82. The maximum atomic E-state index is 11.0. The van der Waals surface area contributed by atoms with Crippen molar-refractivity contribution < 1.29 is 9.90 Å². The minimum Gasteiger partial charge on any atom is -0.486 e. The van der Waals surface area contributed by atoms with Crippen molar-refractivity contribution in [1.29, 1.82) is 0 Å². The minimum atomic E-state index is -1.20. The molecule has 4 nitrogen and oxygen atoms in total. The first-order valence-electron chi connectivity index (χ1n) is 11.4. The van der Waals surface area contributed by atoms with Crippen LogP contribution in [0.4, 0.5) is 5.69 Å². The van der Waals surface area contributed by atoms with Crippen molar-refractivity contribution in [2.24, 2.45) is 0 Å². The Morgan fingerprint density at radius 1 is 0.970 bits per heavy atom. The van der Waals surface area contributed by atoms with Crippen LogP contribution in [0.2, 0.25) is 0 Å². The Bertz CT molecular complexity index is 1190. The zero-order chi connectivity index (χ0) is 23.6. The summed E-state index contributed by atoms with van der Waals surface area (Å²) < 4.78 is 0. The van der Waals surface area contributed by atoms with Gasteiger partial charge in [0, 0.05) is 28.5 Å². The summed E-state index contributed by atoms with van der Waals surface area (Å²) in [5, 5.41) is 11.5. The van der Waals surface area contributed by atoms with Crippen LogP contribution in [0.5, 0.6) is 0 Å². The Balaban J connectivity index is 1.76. The number of rotatable bonds is 11. The summed E-state index contributed by atoms with van der Waals surface area (Å²) in [6.45, 7) is 13.6. The van der Waals surface area contributed by atoms with Gasteiger partial charge in [0.1, 0.15) is 0 Å². The van der Waals surface area contributed by atoms with E-state index < -0.39 is 5.97 Å². The quantitative estimate of drug-likeness (QED) is 0.235.